The smallest absolute Gasteiger partial charge is 0.258 e. The van der Waals surface area contributed by atoms with Gasteiger partial charge < -0.3 is 5.32 Å². The van der Waals surface area contributed by atoms with Gasteiger partial charge in [-0.2, -0.15) is 5.10 Å². The number of amides is 1. The maximum absolute atomic E-state index is 12.8. The number of nitrogens with zero attached hydrogens (tertiary/aromatic N) is 3. The van der Waals surface area contributed by atoms with E-state index in [9.17, 15) is 9.00 Å². The molecule has 2 aromatic heterocycles. The molecule has 0 radical (unpaired) electrons. The molecule has 1 aliphatic rings. The number of aromatic nitrogens is 3. The molecule has 1 saturated heterocycles. The van der Waals surface area contributed by atoms with E-state index in [-0.39, 0.29) is 11.9 Å². The number of hydrogen-bond donors (Lipinski definition) is 1. The first-order valence-corrected chi connectivity index (χ1v) is 12.4. The van der Waals surface area contributed by atoms with Gasteiger partial charge >= 0.3 is 0 Å². The van der Waals surface area contributed by atoms with Gasteiger partial charge in [-0.1, -0.05) is 37.6 Å². The van der Waals surface area contributed by atoms with Gasteiger partial charge in [0.15, 0.2) is 5.65 Å². The third-order valence-corrected chi connectivity index (χ3v) is 8.00. The van der Waals surface area contributed by atoms with Crippen LogP contribution in [0.25, 0.3) is 11.0 Å². The maximum Gasteiger partial charge on any atom is 0.258 e. The highest BCUT2D eigenvalue weighted by Crippen LogP contribution is 2.31. The topological polar surface area (TPSA) is 76.9 Å². The summed E-state index contributed by atoms with van der Waals surface area (Å²) in [5.41, 5.74) is 2.86. The summed E-state index contributed by atoms with van der Waals surface area (Å²) in [6.45, 7) is 4.25. The quantitative estimate of drug-likeness (QED) is 0.600. The zero-order valence-corrected chi connectivity index (χ0v) is 18.7. The molecule has 0 unspecified atom stereocenters. The van der Waals surface area contributed by atoms with Gasteiger partial charge in [0.25, 0.3) is 5.91 Å². The van der Waals surface area contributed by atoms with Gasteiger partial charge in [0.1, 0.15) is 0 Å². The Bertz CT molecular complexity index is 1190. The second-order valence-electron chi connectivity index (χ2n) is 8.15. The van der Waals surface area contributed by atoms with Crippen LogP contribution in [0.1, 0.15) is 54.6 Å². The first-order chi connectivity index (χ1) is 14.2. The summed E-state index contributed by atoms with van der Waals surface area (Å²) >= 11 is 6.56. The Morgan fingerprint density at radius 1 is 1.23 bits per heavy atom. The summed E-state index contributed by atoms with van der Waals surface area (Å²) in [5, 5.41) is 8.31. The fraction of sp³-hybridized carbons (Fsp3) is 0.364. The van der Waals surface area contributed by atoms with Crippen LogP contribution in [0.5, 0.6) is 0 Å². The normalized spacial score (nSPS) is 21.8. The Hall–Kier alpha value is -2.38. The van der Waals surface area contributed by atoms with Crippen LogP contribution < -0.4 is 5.32 Å². The molecule has 1 amide bonds. The van der Waals surface area contributed by atoms with Crippen molar-refractivity contribution in [2.24, 2.45) is 0 Å². The van der Waals surface area contributed by atoms with Crippen molar-refractivity contribution in [2.75, 3.05) is 16.8 Å². The number of pyridine rings is 1. The lowest BCUT2D eigenvalue weighted by Crippen LogP contribution is -2.26. The van der Waals surface area contributed by atoms with Gasteiger partial charge in [0.2, 0.25) is 0 Å². The number of fused-ring (bicyclic) bond motifs is 1. The molecule has 3 heterocycles. The van der Waals surface area contributed by atoms with Crippen molar-refractivity contribution in [2.45, 2.75) is 38.6 Å². The molecule has 30 heavy (non-hydrogen) atoms. The lowest BCUT2D eigenvalue weighted by Gasteiger charge is -2.25. The molecule has 4 rings (SSSR count). The van der Waals surface area contributed by atoms with Gasteiger partial charge in [0, 0.05) is 23.4 Å². The van der Waals surface area contributed by atoms with E-state index in [1.165, 1.54) is 11.8 Å². The summed E-state index contributed by atoms with van der Waals surface area (Å²) in [4.78, 5) is 17.3. The Morgan fingerprint density at radius 3 is 2.53 bits per heavy atom. The number of benzene rings is 1. The lowest BCUT2D eigenvalue weighted by molar-refractivity contribution is 0.102. The maximum atomic E-state index is 12.8. The molecule has 1 fully saturated rings. The van der Waals surface area contributed by atoms with Gasteiger partial charge in [-0.25, -0.2) is 9.67 Å². The van der Waals surface area contributed by atoms with Crippen LogP contribution in [0.15, 0.2) is 36.7 Å². The van der Waals surface area contributed by atoms with Crippen molar-refractivity contribution in [3.63, 3.8) is 0 Å². The second kappa shape index (κ2) is 8.04. The van der Waals surface area contributed by atoms with Crippen LogP contribution >= 0.6 is 11.6 Å². The average molecular weight is 445 g/mol. The summed E-state index contributed by atoms with van der Waals surface area (Å²) in [6.07, 6.45) is 4.63. The van der Waals surface area contributed by atoms with E-state index in [4.69, 9.17) is 11.6 Å². The zero-order valence-electron chi connectivity index (χ0n) is 17.1. The number of carbonyl (C=O) groups is 1. The number of halogens is 1. The highest BCUT2D eigenvalue weighted by Gasteiger charge is 2.25. The SMILES string of the molecule is C=S1(=O)CCC(n2ncc3c(Cl)c(C(=O)Nc4ccc(C(C)C)cc4)cnc32)CC1. The Labute approximate surface area is 181 Å². The van der Waals surface area contributed by atoms with E-state index in [1.54, 1.807) is 6.20 Å². The second-order valence-corrected chi connectivity index (χ2v) is 11.3. The fourth-order valence-corrected chi connectivity index (χ4v) is 5.61. The van der Waals surface area contributed by atoms with E-state index in [0.29, 0.717) is 44.7 Å². The number of hydrogen-bond acceptors (Lipinski definition) is 4. The van der Waals surface area contributed by atoms with Gasteiger partial charge in [-0.15, -0.1) is 0 Å². The fourth-order valence-electron chi connectivity index (χ4n) is 3.73. The van der Waals surface area contributed by atoms with Crippen LogP contribution in [0, 0.1) is 0 Å². The molecule has 8 heteroatoms. The van der Waals surface area contributed by atoms with Crippen LogP contribution in [-0.2, 0) is 9.52 Å². The van der Waals surface area contributed by atoms with Crippen molar-refractivity contribution in [3.05, 3.63) is 52.8 Å². The molecule has 1 aliphatic heterocycles. The van der Waals surface area contributed by atoms with E-state index in [1.807, 2.05) is 28.9 Å². The van der Waals surface area contributed by atoms with Gasteiger partial charge in [-0.3, -0.25) is 9.00 Å². The number of rotatable bonds is 4. The highest BCUT2D eigenvalue weighted by atomic mass is 35.5. The third-order valence-electron chi connectivity index (χ3n) is 5.63. The molecule has 1 aromatic carbocycles. The molecular weight excluding hydrogens is 420 g/mol. The monoisotopic (exact) mass is 444 g/mol. The van der Waals surface area contributed by atoms with E-state index in [2.05, 4.69) is 35.1 Å². The van der Waals surface area contributed by atoms with Crippen molar-refractivity contribution in [1.82, 2.24) is 14.8 Å². The molecule has 0 spiro atoms. The molecular formula is C22H25ClN4O2S. The number of carbonyl (C=O) groups excluding carboxylic acids is 1. The summed E-state index contributed by atoms with van der Waals surface area (Å²) < 4.78 is 14.0. The molecule has 0 aliphatic carbocycles. The van der Waals surface area contributed by atoms with Gasteiger partial charge in [0.05, 0.1) is 28.2 Å². The predicted molar refractivity (Wildman–Crippen MR) is 124 cm³/mol. The molecule has 0 atom stereocenters. The van der Waals surface area contributed by atoms with Crippen molar-refractivity contribution in [3.8, 4) is 0 Å². The highest BCUT2D eigenvalue weighted by molar-refractivity contribution is 8.00. The zero-order chi connectivity index (χ0) is 21.5. The third kappa shape index (κ3) is 4.09. The Kier molecular flexibility index (Phi) is 5.59. The van der Waals surface area contributed by atoms with Crippen molar-refractivity contribution >= 4 is 49.6 Å². The average Bonchev–Trinajstić information content (AvgIpc) is 3.13. The summed E-state index contributed by atoms with van der Waals surface area (Å²) in [7, 11) is -1.96. The molecule has 158 valence electrons. The molecule has 6 nitrogen and oxygen atoms in total. The van der Waals surface area contributed by atoms with E-state index < -0.39 is 9.52 Å². The van der Waals surface area contributed by atoms with Gasteiger partial charge in [-0.05, 0) is 51.8 Å². The van der Waals surface area contributed by atoms with E-state index in [0.717, 1.165) is 12.8 Å². The minimum Gasteiger partial charge on any atom is -0.322 e. The Balaban J connectivity index is 1.57. The first-order valence-electron chi connectivity index (χ1n) is 10.0. The minimum absolute atomic E-state index is 0.113. The van der Waals surface area contributed by atoms with Crippen molar-refractivity contribution < 1.29 is 9.00 Å². The summed E-state index contributed by atoms with van der Waals surface area (Å²) in [5.74, 6) is 5.11. The van der Waals surface area contributed by atoms with Crippen molar-refractivity contribution in [1.29, 1.82) is 0 Å². The largest absolute Gasteiger partial charge is 0.322 e. The lowest BCUT2D eigenvalue weighted by atomic mass is 10.0. The summed E-state index contributed by atoms with van der Waals surface area (Å²) in [6, 6.07) is 7.88. The first kappa shape index (κ1) is 20.9. The van der Waals surface area contributed by atoms with Crippen LogP contribution in [-0.4, -0.2) is 42.3 Å². The standard InChI is InChI=1S/C22H25ClN4O2S/c1-14(2)15-4-6-16(7-5-15)26-22(28)19-12-24-21-18(20(19)23)13-25-27(21)17-8-10-30(3,29)11-9-17/h4-7,12-14,17H,3,8-11H2,1-2H3,(H,26,28). The molecule has 1 N–H and O–H groups in total. The van der Waals surface area contributed by atoms with E-state index >= 15 is 0 Å². The molecule has 3 aromatic rings. The number of anilines is 1. The van der Waals surface area contributed by atoms with Crippen LogP contribution in [0.4, 0.5) is 5.69 Å². The van der Waals surface area contributed by atoms with Crippen LogP contribution in [0.2, 0.25) is 5.02 Å². The molecule has 0 bridgehead atoms. The Morgan fingerprint density at radius 2 is 1.90 bits per heavy atom. The molecule has 0 saturated carbocycles. The minimum atomic E-state index is -1.96. The number of nitrogens with one attached hydrogen (secondary N) is 1. The predicted octanol–water partition coefficient (Wildman–Crippen LogP) is 4.51. The van der Waals surface area contributed by atoms with Crippen LogP contribution in [0.3, 0.4) is 0 Å².